The van der Waals surface area contributed by atoms with E-state index in [4.69, 9.17) is 0 Å². The molecule has 0 saturated heterocycles. The van der Waals surface area contributed by atoms with Crippen LogP contribution in [0.3, 0.4) is 0 Å². The number of rotatable bonds is 6. The Morgan fingerprint density at radius 1 is 1.21 bits per heavy atom. The Kier molecular flexibility index (Phi) is 6.03. The molecule has 0 spiro atoms. The second-order valence-electron chi connectivity index (χ2n) is 6.16. The van der Waals surface area contributed by atoms with Crippen molar-refractivity contribution in [3.05, 3.63) is 29.8 Å². The lowest BCUT2D eigenvalue weighted by molar-refractivity contribution is -0.126. The van der Waals surface area contributed by atoms with Crippen molar-refractivity contribution in [3.8, 4) is 10.6 Å². The van der Waals surface area contributed by atoms with Crippen LogP contribution in [-0.4, -0.2) is 28.1 Å². The monoisotopic (exact) mass is 346 g/mol. The van der Waals surface area contributed by atoms with Crippen molar-refractivity contribution in [3.63, 3.8) is 0 Å². The zero-order valence-electron chi connectivity index (χ0n) is 14.3. The van der Waals surface area contributed by atoms with Gasteiger partial charge in [0, 0.05) is 12.0 Å². The summed E-state index contributed by atoms with van der Waals surface area (Å²) in [6.07, 6.45) is 0.397. The van der Waals surface area contributed by atoms with Gasteiger partial charge in [0.25, 0.3) is 0 Å². The van der Waals surface area contributed by atoms with Gasteiger partial charge in [-0.3, -0.25) is 14.9 Å². The second kappa shape index (κ2) is 8.01. The maximum absolute atomic E-state index is 12.1. The van der Waals surface area contributed by atoms with Crippen LogP contribution in [0.4, 0.5) is 5.13 Å². The van der Waals surface area contributed by atoms with Crippen molar-refractivity contribution in [1.82, 2.24) is 15.5 Å². The first kappa shape index (κ1) is 18.1. The maximum Gasteiger partial charge on any atom is 0.248 e. The molecular weight excluding hydrogens is 324 g/mol. The Balaban J connectivity index is 1.96. The normalized spacial score (nSPS) is 12.0. The zero-order chi connectivity index (χ0) is 17.7. The van der Waals surface area contributed by atoms with E-state index in [1.54, 1.807) is 6.92 Å². The van der Waals surface area contributed by atoms with E-state index < -0.39 is 6.04 Å². The number of carbonyl (C=O) groups is 2. The summed E-state index contributed by atoms with van der Waals surface area (Å²) in [6.45, 7) is 7.57. The summed E-state index contributed by atoms with van der Waals surface area (Å²) in [5, 5.41) is 14.6. The lowest BCUT2D eigenvalue weighted by atomic mass is 10.1. The largest absolute Gasteiger partial charge is 0.345 e. The number of carbonyl (C=O) groups excluding carboxylic acids is 2. The van der Waals surface area contributed by atoms with Crippen molar-refractivity contribution in [1.29, 1.82) is 0 Å². The van der Waals surface area contributed by atoms with Crippen LogP contribution in [0.2, 0.25) is 0 Å². The number of hydrogen-bond acceptors (Lipinski definition) is 5. The van der Waals surface area contributed by atoms with Crippen LogP contribution >= 0.6 is 11.3 Å². The molecule has 1 aromatic heterocycles. The van der Waals surface area contributed by atoms with E-state index in [0.717, 1.165) is 16.1 Å². The quantitative estimate of drug-likeness (QED) is 0.842. The molecule has 0 radical (unpaired) electrons. The van der Waals surface area contributed by atoms with Gasteiger partial charge in [0.15, 0.2) is 0 Å². The van der Waals surface area contributed by atoms with Crippen molar-refractivity contribution in [2.45, 2.75) is 40.2 Å². The number of aryl methyl sites for hydroxylation is 1. The number of anilines is 1. The molecule has 128 valence electrons. The van der Waals surface area contributed by atoms with Crippen molar-refractivity contribution in [2.24, 2.45) is 5.92 Å². The van der Waals surface area contributed by atoms with Crippen LogP contribution in [0.25, 0.3) is 10.6 Å². The van der Waals surface area contributed by atoms with Crippen LogP contribution in [0.15, 0.2) is 24.3 Å². The maximum atomic E-state index is 12.1. The van der Waals surface area contributed by atoms with E-state index in [0.29, 0.717) is 11.6 Å². The fourth-order valence-corrected chi connectivity index (χ4v) is 2.86. The molecule has 1 heterocycles. The van der Waals surface area contributed by atoms with Gasteiger partial charge >= 0.3 is 0 Å². The van der Waals surface area contributed by atoms with Crippen LogP contribution < -0.4 is 10.6 Å². The molecule has 7 heteroatoms. The minimum atomic E-state index is -0.623. The van der Waals surface area contributed by atoms with Gasteiger partial charge in [-0.05, 0) is 25.8 Å². The standard InChI is InChI=1S/C17H22N4O2S/c1-10(2)8-14(22)18-12(4)15(23)19-17-21-20-16(24-17)13-7-5-6-11(3)9-13/h5-7,9-10,12H,8H2,1-4H3,(H,18,22)(H,19,21,23)/t12-/m1/s1. The minimum Gasteiger partial charge on any atom is -0.345 e. The lowest BCUT2D eigenvalue weighted by Gasteiger charge is -2.13. The number of aromatic nitrogens is 2. The molecule has 0 aliphatic rings. The van der Waals surface area contributed by atoms with Crippen LogP contribution in [-0.2, 0) is 9.59 Å². The third-order valence-electron chi connectivity index (χ3n) is 3.28. The molecule has 0 aliphatic carbocycles. The third kappa shape index (κ3) is 5.13. The first-order chi connectivity index (χ1) is 11.3. The van der Waals surface area contributed by atoms with Gasteiger partial charge in [-0.15, -0.1) is 10.2 Å². The highest BCUT2D eigenvalue weighted by atomic mass is 32.1. The lowest BCUT2D eigenvalue weighted by Crippen LogP contribution is -2.41. The fourth-order valence-electron chi connectivity index (χ4n) is 2.12. The molecule has 0 saturated carbocycles. The molecular formula is C17H22N4O2S. The Morgan fingerprint density at radius 3 is 2.62 bits per heavy atom. The molecule has 0 fully saturated rings. The highest BCUT2D eigenvalue weighted by Crippen LogP contribution is 2.26. The number of hydrogen-bond donors (Lipinski definition) is 2. The first-order valence-electron chi connectivity index (χ1n) is 7.86. The molecule has 0 bridgehead atoms. The summed E-state index contributed by atoms with van der Waals surface area (Å²) in [5.41, 5.74) is 2.10. The van der Waals surface area contributed by atoms with Crippen molar-refractivity contribution >= 4 is 28.3 Å². The predicted octanol–water partition coefficient (Wildman–Crippen LogP) is 3.00. The number of amides is 2. The average Bonchev–Trinajstić information content (AvgIpc) is 2.94. The Hall–Kier alpha value is -2.28. The number of nitrogens with one attached hydrogen (secondary N) is 2. The second-order valence-corrected chi connectivity index (χ2v) is 7.14. The van der Waals surface area contributed by atoms with Crippen molar-refractivity contribution < 1.29 is 9.59 Å². The van der Waals surface area contributed by atoms with Crippen LogP contribution in [0.5, 0.6) is 0 Å². The smallest absolute Gasteiger partial charge is 0.248 e. The molecule has 0 aliphatic heterocycles. The zero-order valence-corrected chi connectivity index (χ0v) is 15.1. The highest BCUT2D eigenvalue weighted by molar-refractivity contribution is 7.18. The molecule has 1 aromatic carbocycles. The molecule has 24 heavy (non-hydrogen) atoms. The van der Waals surface area contributed by atoms with Gasteiger partial charge in [-0.1, -0.05) is 48.9 Å². The Labute approximate surface area is 145 Å². The topological polar surface area (TPSA) is 84.0 Å². The number of benzene rings is 1. The van der Waals surface area contributed by atoms with E-state index in [-0.39, 0.29) is 17.7 Å². The number of nitrogens with zero attached hydrogens (tertiary/aromatic N) is 2. The summed E-state index contributed by atoms with van der Waals surface area (Å²) in [4.78, 5) is 23.9. The van der Waals surface area contributed by atoms with Crippen molar-refractivity contribution in [2.75, 3.05) is 5.32 Å². The average molecular weight is 346 g/mol. The summed E-state index contributed by atoms with van der Waals surface area (Å²) in [6, 6.07) is 7.31. The predicted molar refractivity (Wildman–Crippen MR) is 95.8 cm³/mol. The third-order valence-corrected chi connectivity index (χ3v) is 4.17. The summed E-state index contributed by atoms with van der Waals surface area (Å²) in [7, 11) is 0. The van der Waals surface area contributed by atoms with Crippen LogP contribution in [0, 0.1) is 12.8 Å². The Bertz CT molecular complexity index is 727. The van der Waals surface area contributed by atoms with Gasteiger partial charge in [-0.25, -0.2) is 0 Å². The molecule has 2 rings (SSSR count). The van der Waals surface area contributed by atoms with Crippen LogP contribution in [0.1, 0.15) is 32.8 Å². The van der Waals surface area contributed by atoms with Gasteiger partial charge in [0.1, 0.15) is 11.0 Å². The van der Waals surface area contributed by atoms with Gasteiger partial charge in [-0.2, -0.15) is 0 Å². The van der Waals surface area contributed by atoms with E-state index in [9.17, 15) is 9.59 Å². The van der Waals surface area contributed by atoms with Gasteiger partial charge in [0.05, 0.1) is 0 Å². The summed E-state index contributed by atoms with van der Waals surface area (Å²) >= 11 is 1.30. The van der Waals surface area contributed by atoms with Gasteiger partial charge in [0.2, 0.25) is 16.9 Å². The molecule has 2 amide bonds. The molecule has 6 nitrogen and oxygen atoms in total. The van der Waals surface area contributed by atoms with E-state index in [2.05, 4.69) is 20.8 Å². The fraction of sp³-hybridized carbons (Fsp3) is 0.412. The molecule has 0 unspecified atom stereocenters. The highest BCUT2D eigenvalue weighted by Gasteiger charge is 2.18. The molecule has 2 aromatic rings. The first-order valence-corrected chi connectivity index (χ1v) is 8.67. The van der Waals surface area contributed by atoms with E-state index >= 15 is 0 Å². The molecule has 1 atom stereocenters. The SMILES string of the molecule is Cc1cccc(-c2nnc(NC(=O)[C@@H](C)NC(=O)CC(C)C)s2)c1. The Morgan fingerprint density at radius 2 is 1.96 bits per heavy atom. The molecule has 2 N–H and O–H groups in total. The van der Waals surface area contributed by atoms with E-state index in [1.165, 1.54) is 11.3 Å². The minimum absolute atomic E-state index is 0.134. The summed E-state index contributed by atoms with van der Waals surface area (Å²) < 4.78 is 0. The summed E-state index contributed by atoms with van der Waals surface area (Å²) in [5.74, 6) is -0.190. The van der Waals surface area contributed by atoms with E-state index in [1.807, 2.05) is 45.0 Å². The van der Waals surface area contributed by atoms with Gasteiger partial charge < -0.3 is 5.32 Å².